The average molecular weight is 291 g/mol. The van der Waals surface area contributed by atoms with Gasteiger partial charge < -0.3 is 0 Å². The average Bonchev–Trinajstić information content (AvgIpc) is 2.48. The Morgan fingerprint density at radius 2 is 1.43 bits per heavy atom. The topological polar surface area (TPSA) is 104 Å². The van der Waals surface area contributed by atoms with E-state index in [0.717, 1.165) is 4.57 Å². The third-order valence-corrected chi connectivity index (χ3v) is 3.04. The molecule has 0 saturated heterocycles. The molecule has 110 valence electrons. The Hall–Kier alpha value is -2.97. The lowest BCUT2D eigenvalue weighted by atomic mass is 10.3. The number of nitrogens with zero attached hydrogens (tertiary/aromatic N) is 5. The first-order valence-corrected chi connectivity index (χ1v) is 5.95. The van der Waals surface area contributed by atoms with Crippen LogP contribution in [-0.2, 0) is 21.1 Å². The Kier molecular flexibility index (Phi) is 3.57. The molecule has 0 saturated carbocycles. The van der Waals surface area contributed by atoms with Crippen molar-refractivity contribution in [2.45, 2.75) is 0 Å². The molecule has 1 aromatic carbocycles. The fraction of sp³-hybridized carbons (Fsp3) is 0.250. The van der Waals surface area contributed by atoms with Crippen LogP contribution in [0.1, 0.15) is 0 Å². The highest BCUT2D eigenvalue weighted by atomic mass is 16.6. The molecule has 0 aliphatic rings. The number of non-ortho nitro benzene ring substituents is 1. The molecule has 2 aromatic rings. The smallest absolute Gasteiger partial charge is 0.266 e. The maximum atomic E-state index is 11.9. The second-order valence-electron chi connectivity index (χ2n) is 4.43. The van der Waals surface area contributed by atoms with Crippen LogP contribution in [0, 0.1) is 10.1 Å². The molecule has 0 radical (unpaired) electrons. The molecule has 1 heterocycles. The number of aromatic nitrogens is 3. The first-order valence-electron chi connectivity index (χ1n) is 5.95. The first kappa shape index (κ1) is 14.4. The van der Waals surface area contributed by atoms with Crippen molar-refractivity contribution in [3.63, 3.8) is 0 Å². The van der Waals surface area contributed by atoms with Gasteiger partial charge in [0.2, 0.25) is 5.62 Å². The monoisotopic (exact) mass is 291 g/mol. The van der Waals surface area contributed by atoms with Crippen molar-refractivity contribution in [3.05, 3.63) is 61.0 Å². The number of hydrogen-bond acceptors (Lipinski definition) is 5. The molecule has 0 amide bonds. The van der Waals surface area contributed by atoms with Crippen LogP contribution < -0.4 is 17.0 Å². The molecule has 0 atom stereocenters. The van der Waals surface area contributed by atoms with Crippen molar-refractivity contribution in [2.24, 2.45) is 26.1 Å². The van der Waals surface area contributed by atoms with E-state index in [-0.39, 0.29) is 11.3 Å². The lowest BCUT2D eigenvalue weighted by Crippen LogP contribution is -2.52. The summed E-state index contributed by atoms with van der Waals surface area (Å²) in [4.78, 5) is 38.0. The number of benzene rings is 1. The zero-order valence-corrected chi connectivity index (χ0v) is 11.7. The first-order chi connectivity index (χ1) is 9.82. The quantitative estimate of drug-likeness (QED) is 0.552. The Bertz CT molecular complexity index is 846. The maximum Gasteiger partial charge on any atom is 0.334 e. The summed E-state index contributed by atoms with van der Waals surface area (Å²) in [6, 6.07) is 5.50. The zero-order chi connectivity index (χ0) is 15.7. The number of hydrogen-bond donors (Lipinski definition) is 0. The van der Waals surface area contributed by atoms with Crippen LogP contribution >= 0.6 is 0 Å². The highest BCUT2D eigenvalue weighted by Gasteiger charge is 2.07. The van der Waals surface area contributed by atoms with Crippen molar-refractivity contribution in [1.82, 2.24) is 13.7 Å². The van der Waals surface area contributed by atoms with E-state index in [9.17, 15) is 19.7 Å². The van der Waals surface area contributed by atoms with E-state index in [2.05, 4.69) is 4.99 Å². The summed E-state index contributed by atoms with van der Waals surface area (Å²) in [5.41, 5.74) is -0.509. The van der Waals surface area contributed by atoms with Crippen LogP contribution in [0.15, 0.2) is 38.8 Å². The molecule has 9 nitrogen and oxygen atoms in total. The highest BCUT2D eigenvalue weighted by molar-refractivity contribution is 5.43. The fourth-order valence-electron chi connectivity index (χ4n) is 1.84. The molecule has 21 heavy (non-hydrogen) atoms. The van der Waals surface area contributed by atoms with E-state index in [1.807, 2.05) is 0 Å². The van der Waals surface area contributed by atoms with Crippen LogP contribution in [0.25, 0.3) is 0 Å². The van der Waals surface area contributed by atoms with E-state index in [1.165, 1.54) is 54.5 Å². The summed E-state index contributed by atoms with van der Waals surface area (Å²) >= 11 is 0. The van der Waals surface area contributed by atoms with Gasteiger partial charge in [-0.05, 0) is 12.1 Å². The largest absolute Gasteiger partial charge is 0.334 e. The van der Waals surface area contributed by atoms with E-state index in [4.69, 9.17) is 0 Å². The minimum atomic E-state index is -0.516. The molecule has 2 rings (SSSR count). The van der Waals surface area contributed by atoms with E-state index < -0.39 is 16.3 Å². The molecule has 0 N–H and O–H groups in total. The lowest BCUT2D eigenvalue weighted by molar-refractivity contribution is -0.384. The predicted octanol–water partition coefficient (Wildman–Crippen LogP) is -0.437. The van der Waals surface area contributed by atoms with Crippen molar-refractivity contribution in [3.8, 4) is 0 Å². The summed E-state index contributed by atoms with van der Waals surface area (Å²) < 4.78 is 3.42. The molecule has 0 fully saturated rings. The van der Waals surface area contributed by atoms with Gasteiger partial charge >= 0.3 is 11.4 Å². The van der Waals surface area contributed by atoms with Gasteiger partial charge in [0.05, 0.1) is 10.6 Å². The molecule has 0 spiro atoms. The molecule has 0 bridgehead atoms. The van der Waals surface area contributed by atoms with Crippen LogP contribution in [0.4, 0.5) is 11.4 Å². The van der Waals surface area contributed by atoms with Gasteiger partial charge in [-0.1, -0.05) is 0 Å². The van der Waals surface area contributed by atoms with Crippen molar-refractivity contribution >= 4 is 11.4 Å². The summed E-state index contributed by atoms with van der Waals surface area (Å²) in [7, 11) is 4.36. The number of nitro groups is 1. The normalized spacial score (nSPS) is 10.4. The molecule has 0 aliphatic carbocycles. The summed E-state index contributed by atoms with van der Waals surface area (Å²) in [6.45, 7) is 0. The third kappa shape index (κ3) is 2.53. The number of nitro benzene ring substituents is 1. The lowest BCUT2D eigenvalue weighted by Gasteiger charge is -2.07. The molecule has 0 aliphatic heterocycles. The Labute approximate surface area is 118 Å². The Morgan fingerprint density at radius 3 is 1.86 bits per heavy atom. The van der Waals surface area contributed by atoms with Crippen LogP contribution in [0.5, 0.6) is 0 Å². The van der Waals surface area contributed by atoms with Crippen LogP contribution in [0.2, 0.25) is 0 Å². The molecule has 9 heteroatoms. The maximum absolute atomic E-state index is 11.9. The minimum Gasteiger partial charge on any atom is -0.266 e. The highest BCUT2D eigenvalue weighted by Crippen LogP contribution is 2.16. The standard InChI is InChI=1S/C12H13N5O4/c1-14-10(15(2)12(19)16(3)11(14)18)13-8-4-6-9(7-5-8)17(20)21/h4-7H,1-3H3. The van der Waals surface area contributed by atoms with Crippen molar-refractivity contribution in [2.75, 3.05) is 0 Å². The van der Waals surface area contributed by atoms with Gasteiger partial charge in [-0.25, -0.2) is 19.1 Å². The molecule has 1 aromatic heterocycles. The fourth-order valence-corrected chi connectivity index (χ4v) is 1.84. The predicted molar refractivity (Wildman–Crippen MR) is 74.2 cm³/mol. The van der Waals surface area contributed by atoms with Crippen molar-refractivity contribution < 1.29 is 4.92 Å². The molecular formula is C12H13N5O4. The SMILES string of the molecule is Cn1c(=O)n(C)c(=Nc2ccc([N+](=O)[O-])cc2)n(C)c1=O. The van der Waals surface area contributed by atoms with Gasteiger partial charge in [-0.3, -0.25) is 19.2 Å². The second-order valence-corrected chi connectivity index (χ2v) is 4.43. The molecule has 0 unspecified atom stereocenters. The summed E-state index contributed by atoms with van der Waals surface area (Å²) in [5.74, 6) is 0. The van der Waals surface area contributed by atoms with Crippen LogP contribution in [-0.4, -0.2) is 18.6 Å². The van der Waals surface area contributed by atoms with Gasteiger partial charge in [-0.2, -0.15) is 0 Å². The Morgan fingerprint density at radius 1 is 0.952 bits per heavy atom. The van der Waals surface area contributed by atoms with Crippen LogP contribution in [0.3, 0.4) is 0 Å². The van der Waals surface area contributed by atoms with Gasteiger partial charge in [0.1, 0.15) is 0 Å². The van der Waals surface area contributed by atoms with E-state index in [0.29, 0.717) is 5.69 Å². The summed E-state index contributed by atoms with van der Waals surface area (Å²) in [5, 5.41) is 10.6. The number of rotatable bonds is 2. The Balaban J connectivity index is 2.69. The van der Waals surface area contributed by atoms with E-state index >= 15 is 0 Å². The molecular weight excluding hydrogens is 278 g/mol. The third-order valence-electron chi connectivity index (χ3n) is 3.04. The summed E-state index contributed by atoms with van der Waals surface area (Å²) in [6.07, 6.45) is 0. The zero-order valence-electron chi connectivity index (χ0n) is 11.7. The second kappa shape index (κ2) is 5.19. The van der Waals surface area contributed by atoms with Gasteiger partial charge in [-0.15, -0.1) is 0 Å². The minimum absolute atomic E-state index is 0.0591. The van der Waals surface area contributed by atoms with Crippen molar-refractivity contribution in [1.29, 1.82) is 0 Å². The van der Waals surface area contributed by atoms with E-state index in [1.54, 1.807) is 0 Å². The van der Waals surface area contributed by atoms with Gasteiger partial charge in [0, 0.05) is 33.3 Å². The van der Waals surface area contributed by atoms with Gasteiger partial charge in [0.15, 0.2) is 0 Å². The van der Waals surface area contributed by atoms with Gasteiger partial charge in [0.25, 0.3) is 5.69 Å².